The van der Waals surface area contributed by atoms with E-state index in [0.717, 1.165) is 57.8 Å². The van der Waals surface area contributed by atoms with Crippen LogP contribution in [0.4, 0.5) is 15.8 Å². The number of nitrogens with two attached hydrogens (primary N) is 1. The van der Waals surface area contributed by atoms with Gasteiger partial charge in [0, 0.05) is 57.9 Å². The van der Waals surface area contributed by atoms with Crippen LogP contribution in [0.1, 0.15) is 12.8 Å². The molecule has 7 heteroatoms. The predicted octanol–water partition coefficient (Wildman–Crippen LogP) is 2.49. The van der Waals surface area contributed by atoms with Crippen molar-refractivity contribution in [3.05, 3.63) is 17.2 Å². The molecule has 0 aromatic heterocycles. The normalized spacial score (nSPS) is 20.8. The lowest BCUT2D eigenvalue weighted by atomic mass is 10.0. The maximum Gasteiger partial charge on any atom is 0.143 e. The first-order valence-corrected chi connectivity index (χ1v) is 9.40. The summed E-state index contributed by atoms with van der Waals surface area (Å²) in [6.45, 7) is 6.32. The van der Waals surface area contributed by atoms with Crippen molar-refractivity contribution in [1.29, 1.82) is 0 Å². The Morgan fingerprint density at radius 3 is 2.44 bits per heavy atom. The second-order valence-corrected chi connectivity index (χ2v) is 7.24. The van der Waals surface area contributed by atoms with E-state index in [0.29, 0.717) is 29.0 Å². The Morgan fingerprint density at radius 2 is 1.84 bits per heavy atom. The molecule has 1 aromatic carbocycles. The summed E-state index contributed by atoms with van der Waals surface area (Å²) < 4.78 is 17.8. The van der Waals surface area contributed by atoms with E-state index in [2.05, 4.69) is 14.7 Å². The molecule has 0 spiro atoms. The molecule has 0 bridgehead atoms. The number of methoxy groups -OCH3 is 1. The minimum Gasteiger partial charge on any atom is -0.495 e. The van der Waals surface area contributed by atoms with Crippen LogP contribution in [-0.2, 0) is 0 Å². The predicted molar refractivity (Wildman–Crippen MR) is 102 cm³/mol. The van der Waals surface area contributed by atoms with Crippen molar-refractivity contribution in [3.63, 3.8) is 0 Å². The molecule has 0 atom stereocenters. The monoisotopic (exact) mass is 370 g/mol. The number of nitrogens with zero attached hydrogens (tertiary/aromatic N) is 3. The Hall–Kier alpha value is -1.24. The van der Waals surface area contributed by atoms with Crippen LogP contribution in [0.2, 0.25) is 5.02 Å². The molecule has 2 aliphatic heterocycles. The minimum absolute atomic E-state index is 0.246. The van der Waals surface area contributed by atoms with Gasteiger partial charge in [0.15, 0.2) is 0 Å². The van der Waals surface area contributed by atoms with E-state index < -0.39 is 0 Å². The highest BCUT2D eigenvalue weighted by atomic mass is 35.5. The van der Waals surface area contributed by atoms with Crippen molar-refractivity contribution >= 4 is 23.0 Å². The van der Waals surface area contributed by atoms with Crippen LogP contribution in [0.25, 0.3) is 0 Å². The molecule has 140 valence electrons. The number of halogens is 2. The van der Waals surface area contributed by atoms with Crippen molar-refractivity contribution in [2.45, 2.75) is 18.9 Å². The zero-order valence-electron chi connectivity index (χ0n) is 14.9. The molecule has 5 nitrogen and oxygen atoms in total. The Balaban J connectivity index is 1.56. The van der Waals surface area contributed by atoms with Gasteiger partial charge in [-0.1, -0.05) is 11.6 Å². The zero-order valence-corrected chi connectivity index (χ0v) is 15.6. The third-order valence-corrected chi connectivity index (χ3v) is 5.73. The van der Waals surface area contributed by atoms with Gasteiger partial charge < -0.3 is 15.4 Å². The summed E-state index contributed by atoms with van der Waals surface area (Å²) in [5.74, 6) is 0.672. The molecule has 0 radical (unpaired) electrons. The van der Waals surface area contributed by atoms with Gasteiger partial charge in [-0.3, -0.25) is 9.80 Å². The Morgan fingerprint density at radius 1 is 1.16 bits per heavy atom. The summed E-state index contributed by atoms with van der Waals surface area (Å²) in [6, 6.07) is 4.32. The lowest BCUT2D eigenvalue weighted by Crippen LogP contribution is -2.53. The first-order chi connectivity index (χ1) is 12.1. The van der Waals surface area contributed by atoms with Gasteiger partial charge in [0.05, 0.1) is 23.5 Å². The average Bonchev–Trinajstić information content (AvgIpc) is 2.63. The van der Waals surface area contributed by atoms with Gasteiger partial charge in [-0.05, 0) is 18.9 Å². The standard InChI is InChI=1S/C18H28ClFN4O/c1-25-18-13-17(15(19)12-16(18)21)24-5-2-14(3-6-24)23-10-8-22(7-4-20)9-11-23/h12-14H,2-11,21H2,1H3. The summed E-state index contributed by atoms with van der Waals surface area (Å²) in [5.41, 5.74) is 7.49. The second kappa shape index (κ2) is 8.43. The molecule has 2 saturated heterocycles. The quantitative estimate of drug-likeness (QED) is 0.807. The number of ether oxygens (including phenoxy) is 1. The number of anilines is 2. The maximum atomic E-state index is 12.5. The van der Waals surface area contributed by atoms with E-state index in [1.807, 2.05) is 6.07 Å². The zero-order chi connectivity index (χ0) is 17.8. The highest BCUT2D eigenvalue weighted by Gasteiger charge is 2.28. The number of rotatable bonds is 5. The maximum absolute atomic E-state index is 12.5. The minimum atomic E-state index is -0.246. The number of hydrogen-bond acceptors (Lipinski definition) is 5. The first-order valence-electron chi connectivity index (χ1n) is 9.02. The molecule has 0 aliphatic carbocycles. The molecule has 2 aliphatic rings. The molecular formula is C18H28ClFN4O. The van der Waals surface area contributed by atoms with Crippen LogP contribution in [0.5, 0.6) is 5.75 Å². The Bertz CT molecular complexity index is 572. The highest BCUT2D eigenvalue weighted by Crippen LogP contribution is 2.36. The number of benzene rings is 1. The smallest absolute Gasteiger partial charge is 0.143 e. The first kappa shape index (κ1) is 18.5. The molecule has 0 amide bonds. The van der Waals surface area contributed by atoms with Gasteiger partial charge in [-0.25, -0.2) is 4.39 Å². The number of alkyl halides is 1. The molecule has 2 fully saturated rings. The lowest BCUT2D eigenvalue weighted by Gasteiger charge is -2.43. The fourth-order valence-electron chi connectivity index (χ4n) is 3.92. The summed E-state index contributed by atoms with van der Waals surface area (Å²) in [7, 11) is 1.62. The Kier molecular flexibility index (Phi) is 6.25. The van der Waals surface area contributed by atoms with E-state index in [4.69, 9.17) is 22.1 Å². The van der Waals surface area contributed by atoms with Crippen LogP contribution in [0.15, 0.2) is 12.1 Å². The summed E-state index contributed by atoms with van der Waals surface area (Å²) in [4.78, 5) is 7.10. The molecule has 0 saturated carbocycles. The van der Waals surface area contributed by atoms with Gasteiger partial charge in [-0.15, -0.1) is 0 Å². The Labute approximate surface area is 154 Å². The van der Waals surface area contributed by atoms with Crippen LogP contribution in [-0.4, -0.2) is 75.4 Å². The summed E-state index contributed by atoms with van der Waals surface area (Å²) in [5, 5.41) is 0.677. The van der Waals surface area contributed by atoms with Crippen molar-refractivity contribution < 1.29 is 9.13 Å². The SMILES string of the molecule is COc1cc(N2CCC(N3CCN(CCF)CC3)CC2)c(Cl)cc1N. The fourth-order valence-corrected chi connectivity index (χ4v) is 4.21. The molecule has 2 N–H and O–H groups in total. The average molecular weight is 371 g/mol. The van der Waals surface area contributed by atoms with Crippen molar-refractivity contribution in [2.75, 3.05) is 70.2 Å². The van der Waals surface area contributed by atoms with Crippen LogP contribution >= 0.6 is 11.6 Å². The second-order valence-electron chi connectivity index (χ2n) is 6.83. The summed E-state index contributed by atoms with van der Waals surface area (Å²) >= 11 is 6.40. The number of nitrogen functional groups attached to an aromatic ring is 1. The third kappa shape index (κ3) is 4.30. The lowest BCUT2D eigenvalue weighted by molar-refractivity contribution is 0.0816. The van der Waals surface area contributed by atoms with Gasteiger partial charge in [-0.2, -0.15) is 0 Å². The molecule has 25 heavy (non-hydrogen) atoms. The topological polar surface area (TPSA) is 45.0 Å². The fraction of sp³-hybridized carbons (Fsp3) is 0.667. The molecule has 0 unspecified atom stereocenters. The number of piperidine rings is 1. The summed E-state index contributed by atoms with van der Waals surface area (Å²) in [6.07, 6.45) is 2.23. The molecule has 1 aromatic rings. The molecule has 3 rings (SSSR count). The van der Waals surface area contributed by atoms with E-state index in [-0.39, 0.29) is 6.67 Å². The number of hydrogen-bond donors (Lipinski definition) is 1. The van der Waals surface area contributed by atoms with Crippen LogP contribution < -0.4 is 15.4 Å². The van der Waals surface area contributed by atoms with E-state index in [1.165, 1.54) is 0 Å². The van der Waals surface area contributed by atoms with Crippen molar-refractivity contribution in [3.8, 4) is 5.75 Å². The van der Waals surface area contributed by atoms with E-state index in [1.54, 1.807) is 13.2 Å². The van der Waals surface area contributed by atoms with Gasteiger partial charge >= 0.3 is 0 Å². The number of piperazine rings is 1. The van der Waals surface area contributed by atoms with E-state index >= 15 is 0 Å². The largest absolute Gasteiger partial charge is 0.495 e. The van der Waals surface area contributed by atoms with Crippen molar-refractivity contribution in [2.24, 2.45) is 0 Å². The van der Waals surface area contributed by atoms with Crippen LogP contribution in [0.3, 0.4) is 0 Å². The van der Waals surface area contributed by atoms with Gasteiger partial charge in [0.1, 0.15) is 12.4 Å². The molecule has 2 heterocycles. The van der Waals surface area contributed by atoms with Gasteiger partial charge in [0.25, 0.3) is 0 Å². The van der Waals surface area contributed by atoms with Crippen LogP contribution in [0, 0.1) is 0 Å². The van der Waals surface area contributed by atoms with E-state index in [9.17, 15) is 4.39 Å². The highest BCUT2D eigenvalue weighted by molar-refractivity contribution is 6.33. The van der Waals surface area contributed by atoms with Gasteiger partial charge in [0.2, 0.25) is 0 Å². The van der Waals surface area contributed by atoms with Crippen molar-refractivity contribution in [1.82, 2.24) is 9.80 Å². The molecular weight excluding hydrogens is 343 g/mol. The third-order valence-electron chi connectivity index (χ3n) is 5.43.